The van der Waals surface area contributed by atoms with Crippen molar-refractivity contribution in [3.63, 3.8) is 0 Å². The number of aryl methyl sites for hydroxylation is 1. The fourth-order valence-electron chi connectivity index (χ4n) is 2.86. The van der Waals surface area contributed by atoms with Crippen LogP contribution in [0, 0.1) is 12.8 Å². The number of hydrogen-bond acceptors (Lipinski definition) is 3. The Balaban J connectivity index is 1.93. The Morgan fingerprint density at radius 1 is 1.52 bits per heavy atom. The van der Waals surface area contributed by atoms with Crippen LogP contribution in [0.5, 0.6) is 0 Å². The van der Waals surface area contributed by atoms with Gasteiger partial charge in [0.25, 0.3) is 0 Å². The molecule has 2 rings (SSSR count). The summed E-state index contributed by atoms with van der Waals surface area (Å²) in [5, 5.41) is 2.97. The molecular weight excluding hydrogens is 330 g/mol. The van der Waals surface area contributed by atoms with E-state index in [1.54, 1.807) is 0 Å². The van der Waals surface area contributed by atoms with Crippen molar-refractivity contribution in [2.45, 2.75) is 32.7 Å². The summed E-state index contributed by atoms with van der Waals surface area (Å²) in [6.45, 7) is 6.26. The Bertz CT molecular complexity index is 506. The number of nitrogens with one attached hydrogen (secondary N) is 1. The molecule has 1 amide bonds. The van der Waals surface area contributed by atoms with Gasteiger partial charge in [-0.25, -0.2) is 0 Å². The molecule has 1 aliphatic heterocycles. The highest BCUT2D eigenvalue weighted by molar-refractivity contribution is 9.10. The average Bonchev–Trinajstić information content (AvgIpc) is 2.44. The number of amides is 1. The van der Waals surface area contributed by atoms with Gasteiger partial charge < -0.3 is 11.1 Å². The molecule has 0 aliphatic carbocycles. The van der Waals surface area contributed by atoms with Crippen LogP contribution in [0.1, 0.15) is 25.3 Å². The van der Waals surface area contributed by atoms with E-state index in [0.717, 1.165) is 35.1 Å². The molecule has 0 spiro atoms. The molecule has 1 fully saturated rings. The van der Waals surface area contributed by atoms with E-state index in [-0.39, 0.29) is 5.91 Å². The van der Waals surface area contributed by atoms with Crippen molar-refractivity contribution < 1.29 is 4.79 Å². The van der Waals surface area contributed by atoms with Crippen LogP contribution in [0.3, 0.4) is 0 Å². The predicted molar refractivity (Wildman–Crippen MR) is 90.3 cm³/mol. The summed E-state index contributed by atoms with van der Waals surface area (Å²) in [6, 6.07) is 6.16. The summed E-state index contributed by atoms with van der Waals surface area (Å²) in [4.78, 5) is 14.4. The number of carbonyl (C=O) groups is 1. The molecule has 1 aromatic rings. The molecule has 5 heteroatoms. The highest BCUT2D eigenvalue weighted by atomic mass is 79.9. The summed E-state index contributed by atoms with van der Waals surface area (Å²) in [6.07, 6.45) is 2.22. The van der Waals surface area contributed by atoms with E-state index in [4.69, 9.17) is 5.73 Å². The molecular formula is C16H24BrN3O. The normalized spacial score (nSPS) is 23.0. The van der Waals surface area contributed by atoms with Gasteiger partial charge >= 0.3 is 0 Å². The lowest BCUT2D eigenvalue weighted by Crippen LogP contribution is -2.49. The second kappa shape index (κ2) is 7.38. The topological polar surface area (TPSA) is 58.4 Å². The number of likely N-dealkylation sites (tertiary alicyclic amines) is 1. The molecule has 4 nitrogen and oxygen atoms in total. The SMILES string of the molecule is Cc1cc(NC(=O)CN2CCC(C)CC2CN)ccc1Br. The van der Waals surface area contributed by atoms with Crippen LogP contribution < -0.4 is 11.1 Å². The number of nitrogens with two attached hydrogens (primary N) is 1. The van der Waals surface area contributed by atoms with Gasteiger partial charge in [0.2, 0.25) is 5.91 Å². The number of halogens is 1. The molecule has 2 atom stereocenters. The Morgan fingerprint density at radius 2 is 2.29 bits per heavy atom. The minimum absolute atomic E-state index is 0.0322. The van der Waals surface area contributed by atoms with Crippen molar-refractivity contribution in [2.75, 3.05) is 25.0 Å². The number of piperidine rings is 1. The zero-order valence-corrected chi connectivity index (χ0v) is 14.3. The molecule has 116 valence electrons. The number of benzene rings is 1. The van der Waals surface area contributed by atoms with Crippen LogP contribution in [0.15, 0.2) is 22.7 Å². The van der Waals surface area contributed by atoms with Crippen molar-refractivity contribution >= 4 is 27.5 Å². The van der Waals surface area contributed by atoms with Crippen molar-refractivity contribution in [1.29, 1.82) is 0 Å². The maximum atomic E-state index is 12.2. The van der Waals surface area contributed by atoms with Gasteiger partial charge in [-0.3, -0.25) is 9.69 Å². The lowest BCUT2D eigenvalue weighted by Gasteiger charge is -2.37. The number of carbonyl (C=O) groups excluding carboxylic acids is 1. The van der Waals surface area contributed by atoms with Crippen LogP contribution in [0.4, 0.5) is 5.69 Å². The Morgan fingerprint density at radius 3 is 2.95 bits per heavy atom. The van der Waals surface area contributed by atoms with E-state index >= 15 is 0 Å². The second-order valence-corrected chi connectivity index (χ2v) is 6.86. The van der Waals surface area contributed by atoms with Gasteiger partial charge in [-0.05, 0) is 56.0 Å². The van der Waals surface area contributed by atoms with Crippen LogP contribution >= 0.6 is 15.9 Å². The number of hydrogen-bond donors (Lipinski definition) is 2. The highest BCUT2D eigenvalue weighted by Crippen LogP contribution is 2.22. The molecule has 0 aromatic heterocycles. The predicted octanol–water partition coefficient (Wildman–Crippen LogP) is 2.76. The van der Waals surface area contributed by atoms with E-state index < -0.39 is 0 Å². The minimum Gasteiger partial charge on any atom is -0.329 e. The first-order chi connectivity index (χ1) is 9.99. The first-order valence-corrected chi connectivity index (χ1v) is 8.29. The quantitative estimate of drug-likeness (QED) is 0.874. The van der Waals surface area contributed by atoms with Gasteiger partial charge in [-0.2, -0.15) is 0 Å². The largest absolute Gasteiger partial charge is 0.329 e. The fourth-order valence-corrected chi connectivity index (χ4v) is 3.11. The molecule has 21 heavy (non-hydrogen) atoms. The van der Waals surface area contributed by atoms with E-state index in [1.807, 2.05) is 25.1 Å². The molecule has 0 bridgehead atoms. The summed E-state index contributed by atoms with van der Waals surface area (Å²) in [5.41, 5.74) is 7.80. The smallest absolute Gasteiger partial charge is 0.238 e. The van der Waals surface area contributed by atoms with Gasteiger partial charge in [-0.1, -0.05) is 22.9 Å². The van der Waals surface area contributed by atoms with Crippen molar-refractivity contribution in [3.8, 4) is 0 Å². The lowest BCUT2D eigenvalue weighted by atomic mass is 9.92. The Labute approximate surface area is 135 Å². The molecule has 0 radical (unpaired) electrons. The van der Waals surface area contributed by atoms with Gasteiger partial charge in [0, 0.05) is 22.7 Å². The first-order valence-electron chi connectivity index (χ1n) is 7.49. The van der Waals surface area contributed by atoms with Crippen LogP contribution in [-0.2, 0) is 4.79 Å². The summed E-state index contributed by atoms with van der Waals surface area (Å²) >= 11 is 3.46. The second-order valence-electron chi connectivity index (χ2n) is 6.00. The minimum atomic E-state index is 0.0322. The molecule has 1 aromatic carbocycles. The molecule has 3 N–H and O–H groups in total. The van der Waals surface area contributed by atoms with E-state index in [2.05, 4.69) is 33.1 Å². The summed E-state index contributed by atoms with van der Waals surface area (Å²) < 4.78 is 1.05. The summed E-state index contributed by atoms with van der Waals surface area (Å²) in [7, 11) is 0. The Hall–Kier alpha value is -0.910. The third-order valence-corrected chi connectivity index (χ3v) is 5.05. The van der Waals surface area contributed by atoms with Crippen LogP contribution in [0.2, 0.25) is 0 Å². The molecule has 1 heterocycles. The van der Waals surface area contributed by atoms with Crippen molar-refractivity contribution in [2.24, 2.45) is 11.7 Å². The Kier molecular flexibility index (Phi) is 5.79. The maximum absolute atomic E-state index is 12.2. The molecule has 1 saturated heterocycles. The van der Waals surface area contributed by atoms with E-state index in [0.29, 0.717) is 25.0 Å². The standard InChI is InChI=1S/C16H24BrN3O/c1-11-5-6-20(14(7-11)9-18)10-16(21)19-13-3-4-15(17)12(2)8-13/h3-4,8,11,14H,5-7,9-10,18H2,1-2H3,(H,19,21). The third kappa shape index (κ3) is 4.53. The first kappa shape index (κ1) is 16.5. The maximum Gasteiger partial charge on any atom is 0.238 e. The number of rotatable bonds is 4. The fraction of sp³-hybridized carbons (Fsp3) is 0.562. The third-order valence-electron chi connectivity index (χ3n) is 4.16. The van der Waals surface area contributed by atoms with Crippen molar-refractivity contribution in [1.82, 2.24) is 4.90 Å². The molecule has 2 unspecified atom stereocenters. The van der Waals surface area contributed by atoms with Crippen LogP contribution in [0.25, 0.3) is 0 Å². The van der Waals surface area contributed by atoms with Gasteiger partial charge in [0.15, 0.2) is 0 Å². The van der Waals surface area contributed by atoms with Crippen molar-refractivity contribution in [3.05, 3.63) is 28.2 Å². The van der Waals surface area contributed by atoms with E-state index in [1.165, 1.54) is 0 Å². The highest BCUT2D eigenvalue weighted by Gasteiger charge is 2.26. The zero-order valence-electron chi connectivity index (χ0n) is 12.7. The van der Waals surface area contributed by atoms with Gasteiger partial charge in [-0.15, -0.1) is 0 Å². The average molecular weight is 354 g/mol. The van der Waals surface area contributed by atoms with Gasteiger partial charge in [0.1, 0.15) is 0 Å². The summed E-state index contributed by atoms with van der Waals surface area (Å²) in [5.74, 6) is 0.733. The zero-order chi connectivity index (χ0) is 15.4. The lowest BCUT2D eigenvalue weighted by molar-refractivity contribution is -0.118. The van der Waals surface area contributed by atoms with E-state index in [9.17, 15) is 4.79 Å². The van der Waals surface area contributed by atoms with Crippen LogP contribution in [-0.4, -0.2) is 36.5 Å². The monoisotopic (exact) mass is 353 g/mol. The molecule has 0 saturated carbocycles. The number of anilines is 1. The number of nitrogens with zero attached hydrogens (tertiary/aromatic N) is 1. The van der Waals surface area contributed by atoms with Gasteiger partial charge in [0.05, 0.1) is 6.54 Å². The molecule has 1 aliphatic rings.